The van der Waals surface area contributed by atoms with Gasteiger partial charge in [0.1, 0.15) is 30.2 Å². The van der Waals surface area contributed by atoms with E-state index in [0.29, 0.717) is 11.5 Å². The van der Waals surface area contributed by atoms with Crippen LogP contribution in [0.1, 0.15) is 42.4 Å². The third-order valence-electron chi connectivity index (χ3n) is 12.8. The maximum Gasteiger partial charge on any atom is 2.00 e. The number of fused-ring (bicyclic) bond motifs is 3. The minimum atomic E-state index is -1.35. The van der Waals surface area contributed by atoms with Gasteiger partial charge in [-0.05, 0) is 118 Å². The molecule has 2 saturated carbocycles. The fourth-order valence-electron chi connectivity index (χ4n) is 8.92. The van der Waals surface area contributed by atoms with Crippen LogP contribution in [0, 0.1) is 63.7 Å². The summed E-state index contributed by atoms with van der Waals surface area (Å²) in [6.45, 7) is 0.221. The average Bonchev–Trinajstić information content (AvgIpc) is 4.30. The number of rotatable bonds is 25. The monoisotopic (exact) mass is 1100 g/mol. The molecule has 78 heavy (non-hydrogen) atoms. The number of H-pyrrole nitrogens is 3. The number of primary amides is 1. The second-order valence-corrected chi connectivity index (χ2v) is 18.4. The Balaban J connectivity index is 0.00000155. The van der Waals surface area contributed by atoms with Crippen molar-refractivity contribution >= 4 is 80.1 Å². The first-order valence-electron chi connectivity index (χ1n) is 25.2. The second-order valence-electron chi connectivity index (χ2n) is 18.4. The van der Waals surface area contributed by atoms with Crippen molar-refractivity contribution < 1.29 is 45.8 Å². The number of guanidine groups is 2. The van der Waals surface area contributed by atoms with E-state index < -0.39 is 65.7 Å². The molecule has 0 saturated heterocycles. The molecule has 8 rings (SSSR count). The molecular formula is C56H65FeN15O6+2. The Kier molecular flexibility index (Phi) is 22.6. The van der Waals surface area contributed by atoms with E-state index in [1.54, 1.807) is 44.3 Å². The number of amides is 6. The van der Waals surface area contributed by atoms with Crippen molar-refractivity contribution in [3.63, 3.8) is 0 Å². The van der Waals surface area contributed by atoms with E-state index in [1.165, 1.54) is 0 Å². The number of nitrogens with one attached hydrogen (secondary N) is 8. The first kappa shape index (κ1) is 59.4. The SMILES string of the molecule is NC(=O)[C@H](Cc1c[nH]c2ccccc12)NC(=O)[C@H](CCCN=C(N)N)NC(=O)[C@H](Cc1c[nH]c2ccccc12)NC(=O)[C@H](CCCN=C(N)N)NC(=O)[C@H](Cc1c[nH]c2ccccc12)NC(=O)[C]1[CH][CH][CH][CH]1.[CH]1[CH][CH][CH][CH]1.[Fe+2]. The minimum absolute atomic E-state index is 0. The predicted octanol–water partition coefficient (Wildman–Crippen LogP) is 1.60. The summed E-state index contributed by atoms with van der Waals surface area (Å²) in [6, 6.07) is 16.2. The number of hydrogen-bond acceptors (Lipinski definition) is 8. The van der Waals surface area contributed by atoms with Gasteiger partial charge in [-0.15, -0.1) is 0 Å². The number of aromatic nitrogens is 3. The molecule has 0 unspecified atom stereocenters. The first-order valence-corrected chi connectivity index (χ1v) is 25.2. The Morgan fingerprint density at radius 1 is 0.436 bits per heavy atom. The van der Waals surface area contributed by atoms with Crippen LogP contribution in [-0.4, -0.2) is 106 Å². The molecule has 2 aliphatic rings. The van der Waals surface area contributed by atoms with Gasteiger partial charge in [0.2, 0.25) is 35.4 Å². The Labute approximate surface area is 464 Å². The minimum Gasteiger partial charge on any atom is -0.370 e. The zero-order chi connectivity index (χ0) is 54.7. The summed E-state index contributed by atoms with van der Waals surface area (Å²) in [5, 5.41) is 16.6. The molecule has 0 bridgehead atoms. The Morgan fingerprint density at radius 2 is 0.769 bits per heavy atom. The third-order valence-corrected chi connectivity index (χ3v) is 12.8. The maximum absolute atomic E-state index is 14.8. The van der Waals surface area contributed by atoms with Crippen LogP contribution in [0.4, 0.5) is 0 Å². The normalized spacial score (nSPS) is 15.1. The molecule has 0 spiro atoms. The van der Waals surface area contributed by atoms with Crippen molar-refractivity contribution in [1.82, 2.24) is 41.5 Å². The largest absolute Gasteiger partial charge is 2.00 e. The van der Waals surface area contributed by atoms with Gasteiger partial charge in [-0.1, -0.05) is 54.6 Å². The quantitative estimate of drug-likeness (QED) is 0.0170. The van der Waals surface area contributed by atoms with Gasteiger partial charge in [-0.3, -0.25) is 38.8 Å². The van der Waals surface area contributed by atoms with Crippen LogP contribution in [-0.2, 0) is 65.1 Å². The molecule has 3 aromatic heterocycles. The molecule has 3 aromatic carbocycles. The summed E-state index contributed by atoms with van der Waals surface area (Å²) in [7, 11) is 0. The Morgan fingerprint density at radius 3 is 1.15 bits per heavy atom. The summed E-state index contributed by atoms with van der Waals surface area (Å²) >= 11 is 0. The van der Waals surface area contributed by atoms with E-state index in [1.807, 2.05) is 105 Å². The molecule has 10 radical (unpaired) electrons. The van der Waals surface area contributed by atoms with Crippen LogP contribution < -0.4 is 55.3 Å². The van der Waals surface area contributed by atoms with Gasteiger partial charge >= 0.3 is 17.1 Å². The fourth-order valence-corrected chi connectivity index (χ4v) is 8.92. The number of nitrogens with zero attached hydrogens (tertiary/aromatic N) is 2. The Bertz CT molecular complexity index is 3010. The third kappa shape index (κ3) is 17.1. The van der Waals surface area contributed by atoms with Crippen molar-refractivity contribution in [2.75, 3.05) is 13.1 Å². The number of para-hydroxylation sites is 3. The first-order chi connectivity index (χ1) is 37.2. The molecule has 6 aromatic rings. The van der Waals surface area contributed by atoms with Crippen molar-refractivity contribution in [2.45, 2.75) is 75.2 Å². The molecule has 5 atom stereocenters. The van der Waals surface area contributed by atoms with E-state index in [2.05, 4.69) is 51.5 Å². The number of nitrogens with two attached hydrogens (primary N) is 5. The number of aliphatic imine (C=N–C) groups is 2. The molecule has 18 N–H and O–H groups in total. The molecule has 406 valence electrons. The molecule has 21 nitrogen and oxygen atoms in total. The van der Waals surface area contributed by atoms with Crippen LogP contribution in [0.5, 0.6) is 0 Å². The zero-order valence-electron chi connectivity index (χ0n) is 42.7. The van der Waals surface area contributed by atoms with E-state index in [9.17, 15) is 28.8 Å². The van der Waals surface area contributed by atoms with Gasteiger partial charge in [0.15, 0.2) is 11.9 Å². The smallest absolute Gasteiger partial charge is 0.370 e. The number of carbonyl (C=O) groups excluding carboxylic acids is 6. The summed E-state index contributed by atoms with van der Waals surface area (Å²) in [5.41, 5.74) is 32.8. The molecular weight excluding hydrogens is 1030 g/mol. The fraction of sp³-hybridized carbons (Fsp3) is 0.250. The molecule has 3 heterocycles. The van der Waals surface area contributed by atoms with E-state index >= 15 is 0 Å². The molecule has 2 fully saturated rings. The molecule has 0 aliphatic heterocycles. The molecule has 22 heteroatoms. The van der Waals surface area contributed by atoms with Crippen molar-refractivity contribution in [3.05, 3.63) is 172 Å². The number of carbonyl (C=O) groups is 6. The standard InChI is InChI=1S/C51H60N15O6.C5H5.Fe/c52-44(67)41(23-30-26-59-36-16-6-3-13-33(30)36)64-46(69)39(19-9-21-57-50(53)54)62-49(72)43(25-32-28-61-38-18-8-5-15-35(32)38)66-47(70)40(20-10-22-58-51(55)56)63-48(71)42(65-45(68)29-11-1-2-12-29)24-31-27-60-37-17-7-4-14-34(31)37;1-2-4-5-3-1;/h1-8,11-18,26-28,39-43,59-61H,9-10,19-25H2,(H2,52,67)(H,62,72)(H,63,71)(H,64,69)(H,65,68)(H,66,70)(H4,53,54,57)(H4,55,56,58);1-5H;/q;;+2/t39-,40-,41-,42-,43-;;/m0../s1. The average molecular weight is 1100 g/mol. The van der Waals surface area contributed by atoms with Gasteiger partial charge in [0.25, 0.3) is 0 Å². The van der Waals surface area contributed by atoms with Crippen LogP contribution in [0.15, 0.2) is 101 Å². The number of hydrogen-bond donors (Lipinski definition) is 13. The number of benzene rings is 3. The summed E-state index contributed by atoms with van der Waals surface area (Å²) < 4.78 is 0. The van der Waals surface area contributed by atoms with E-state index in [-0.39, 0.29) is 87.0 Å². The van der Waals surface area contributed by atoms with Crippen molar-refractivity contribution in [1.29, 1.82) is 0 Å². The second kappa shape index (κ2) is 29.6. The topological polar surface area (TPSA) is 365 Å². The van der Waals surface area contributed by atoms with Gasteiger partial charge in [0, 0.05) is 83.7 Å². The Hall–Kier alpha value is -7.84. The summed E-state index contributed by atoms with van der Waals surface area (Å²) in [4.78, 5) is 102. The maximum atomic E-state index is 14.8. The van der Waals surface area contributed by atoms with E-state index in [0.717, 1.165) is 43.8 Å². The van der Waals surface area contributed by atoms with Crippen molar-refractivity contribution in [3.8, 4) is 0 Å². The van der Waals surface area contributed by atoms with Crippen LogP contribution in [0.3, 0.4) is 0 Å². The zero-order valence-corrected chi connectivity index (χ0v) is 43.8. The van der Waals surface area contributed by atoms with Gasteiger partial charge < -0.3 is 70.2 Å². The van der Waals surface area contributed by atoms with Gasteiger partial charge in [-0.25, -0.2) is 0 Å². The summed E-state index contributed by atoms with van der Waals surface area (Å²) in [6.07, 6.45) is 22.4. The summed E-state index contributed by atoms with van der Waals surface area (Å²) in [5.74, 6) is -4.18. The number of aromatic amines is 3. The predicted molar refractivity (Wildman–Crippen MR) is 297 cm³/mol. The van der Waals surface area contributed by atoms with Crippen LogP contribution in [0.2, 0.25) is 0 Å². The molecule has 6 amide bonds. The van der Waals surface area contributed by atoms with E-state index in [4.69, 9.17) is 28.7 Å². The van der Waals surface area contributed by atoms with Gasteiger partial charge in [0.05, 0.1) is 5.92 Å². The van der Waals surface area contributed by atoms with Crippen molar-refractivity contribution in [2.24, 2.45) is 38.7 Å². The van der Waals surface area contributed by atoms with Gasteiger partial charge in [-0.2, -0.15) is 0 Å². The molecule has 2 aliphatic carbocycles. The van der Waals surface area contributed by atoms with Crippen LogP contribution in [0.25, 0.3) is 32.7 Å². The van der Waals surface area contributed by atoms with Crippen LogP contribution >= 0.6 is 0 Å².